The van der Waals surface area contributed by atoms with E-state index in [-0.39, 0.29) is 11.4 Å². The second kappa shape index (κ2) is 3.52. The molecule has 0 N–H and O–H groups in total. The van der Waals surface area contributed by atoms with Crippen molar-refractivity contribution in [2.24, 2.45) is 11.3 Å². The van der Waals surface area contributed by atoms with Gasteiger partial charge in [0.25, 0.3) is 0 Å². The highest BCUT2D eigenvalue weighted by Crippen LogP contribution is 2.45. The Kier molecular flexibility index (Phi) is 2.79. The minimum absolute atomic E-state index is 0.0209. The van der Waals surface area contributed by atoms with Gasteiger partial charge in [0.2, 0.25) is 0 Å². The minimum atomic E-state index is -0.107. The fraction of sp³-hybridized carbons (Fsp3) is 0.727. The third-order valence-electron chi connectivity index (χ3n) is 3.51. The van der Waals surface area contributed by atoms with Gasteiger partial charge in [0, 0.05) is 5.41 Å². The van der Waals surface area contributed by atoms with Crippen LogP contribution in [0.3, 0.4) is 0 Å². The zero-order valence-corrected chi connectivity index (χ0v) is 8.89. The van der Waals surface area contributed by atoms with Gasteiger partial charge in [-0.1, -0.05) is 25.5 Å². The molecule has 2 heteroatoms. The lowest BCUT2D eigenvalue weighted by Crippen LogP contribution is -2.26. The molecule has 0 amide bonds. The molecule has 0 saturated carbocycles. The highest BCUT2D eigenvalue weighted by atomic mass is 16.5. The summed E-state index contributed by atoms with van der Waals surface area (Å²) in [6.07, 6.45) is 3.82. The van der Waals surface area contributed by atoms with Gasteiger partial charge in [-0.3, -0.25) is 4.79 Å². The second-order valence-electron chi connectivity index (χ2n) is 4.19. The lowest BCUT2D eigenvalue weighted by Gasteiger charge is -2.30. The van der Waals surface area contributed by atoms with E-state index < -0.39 is 0 Å². The van der Waals surface area contributed by atoms with Crippen molar-refractivity contribution in [1.29, 1.82) is 0 Å². The maximum Gasteiger partial charge on any atom is 0.306 e. The number of hydrogen-bond acceptors (Lipinski definition) is 2. The van der Waals surface area contributed by atoms with Crippen molar-refractivity contribution in [3.63, 3.8) is 0 Å². The first-order valence-corrected chi connectivity index (χ1v) is 4.74. The number of carbonyl (C=O) groups excluding carboxylic acids is 1. The number of methoxy groups -OCH3 is 1. The summed E-state index contributed by atoms with van der Waals surface area (Å²) in [6.45, 7) is 6.44. The van der Waals surface area contributed by atoms with E-state index in [2.05, 4.69) is 26.8 Å². The van der Waals surface area contributed by atoms with Crippen LogP contribution in [0.15, 0.2) is 11.6 Å². The summed E-state index contributed by atoms with van der Waals surface area (Å²) in [5.74, 6) is 0.440. The average molecular weight is 182 g/mol. The molecule has 74 valence electrons. The Labute approximate surface area is 80.0 Å². The summed E-state index contributed by atoms with van der Waals surface area (Å²) in [7, 11) is 1.45. The zero-order valence-electron chi connectivity index (χ0n) is 8.89. The summed E-state index contributed by atoms with van der Waals surface area (Å²) in [5.41, 5.74) is 1.35. The van der Waals surface area contributed by atoms with Crippen LogP contribution in [0.4, 0.5) is 0 Å². The highest BCUT2D eigenvalue weighted by Gasteiger charge is 2.38. The van der Waals surface area contributed by atoms with E-state index in [0.29, 0.717) is 12.3 Å². The van der Waals surface area contributed by atoms with Crippen molar-refractivity contribution in [2.45, 2.75) is 33.6 Å². The molecule has 2 unspecified atom stereocenters. The molecule has 0 aromatic heterocycles. The first kappa shape index (κ1) is 10.3. The summed E-state index contributed by atoms with van der Waals surface area (Å²) in [6, 6.07) is 0. The number of esters is 1. The first-order chi connectivity index (χ1) is 6.00. The Morgan fingerprint density at radius 2 is 2.38 bits per heavy atom. The Hall–Kier alpha value is -0.790. The molecule has 2 atom stereocenters. The largest absolute Gasteiger partial charge is 0.469 e. The molecule has 0 spiro atoms. The van der Waals surface area contributed by atoms with Gasteiger partial charge in [-0.2, -0.15) is 0 Å². The van der Waals surface area contributed by atoms with Crippen molar-refractivity contribution < 1.29 is 9.53 Å². The quantitative estimate of drug-likeness (QED) is 0.484. The van der Waals surface area contributed by atoms with Gasteiger partial charge in [-0.05, 0) is 19.3 Å². The van der Waals surface area contributed by atoms with Crippen LogP contribution in [-0.2, 0) is 9.53 Å². The van der Waals surface area contributed by atoms with E-state index in [1.807, 2.05) is 0 Å². The molecular formula is C11H18O2. The topological polar surface area (TPSA) is 26.3 Å². The van der Waals surface area contributed by atoms with Crippen LogP contribution in [-0.4, -0.2) is 13.1 Å². The van der Waals surface area contributed by atoms with Crippen LogP contribution in [0.5, 0.6) is 0 Å². The number of rotatable bonds is 2. The second-order valence-corrected chi connectivity index (χ2v) is 4.19. The average Bonchev–Trinajstić information content (AvgIpc) is 2.33. The molecular weight excluding hydrogens is 164 g/mol. The zero-order chi connectivity index (χ0) is 10.1. The summed E-state index contributed by atoms with van der Waals surface area (Å²) in [4.78, 5) is 11.2. The van der Waals surface area contributed by atoms with Gasteiger partial charge in [-0.25, -0.2) is 0 Å². The SMILES string of the molecule is COC(=O)CC1(C)C(C)=CCC1C. The lowest BCUT2D eigenvalue weighted by molar-refractivity contribution is -0.143. The molecule has 0 aromatic carbocycles. The Morgan fingerprint density at radius 1 is 1.77 bits per heavy atom. The van der Waals surface area contributed by atoms with E-state index in [1.165, 1.54) is 12.7 Å². The van der Waals surface area contributed by atoms with Crippen LogP contribution < -0.4 is 0 Å². The van der Waals surface area contributed by atoms with E-state index in [4.69, 9.17) is 4.74 Å². The third-order valence-corrected chi connectivity index (χ3v) is 3.51. The Balaban J connectivity index is 2.74. The number of carbonyl (C=O) groups is 1. The van der Waals surface area contributed by atoms with Crippen molar-refractivity contribution in [3.8, 4) is 0 Å². The molecule has 1 aliphatic carbocycles. The summed E-state index contributed by atoms with van der Waals surface area (Å²) in [5, 5.41) is 0. The molecule has 0 fully saturated rings. The van der Waals surface area contributed by atoms with Crippen molar-refractivity contribution in [3.05, 3.63) is 11.6 Å². The van der Waals surface area contributed by atoms with Crippen LogP contribution >= 0.6 is 0 Å². The maximum atomic E-state index is 11.2. The third kappa shape index (κ3) is 1.77. The van der Waals surface area contributed by atoms with Crippen LogP contribution in [0.1, 0.15) is 33.6 Å². The number of ether oxygens (including phenoxy) is 1. The molecule has 13 heavy (non-hydrogen) atoms. The van der Waals surface area contributed by atoms with Gasteiger partial charge < -0.3 is 4.74 Å². The molecule has 0 aromatic rings. The van der Waals surface area contributed by atoms with E-state index in [9.17, 15) is 4.79 Å². The van der Waals surface area contributed by atoms with Crippen LogP contribution in [0, 0.1) is 11.3 Å². The van der Waals surface area contributed by atoms with Crippen LogP contribution in [0.25, 0.3) is 0 Å². The molecule has 0 saturated heterocycles. The number of allylic oxidation sites excluding steroid dienone is 2. The van der Waals surface area contributed by atoms with Crippen molar-refractivity contribution in [2.75, 3.05) is 7.11 Å². The highest BCUT2D eigenvalue weighted by molar-refractivity contribution is 5.71. The molecule has 0 aliphatic heterocycles. The van der Waals surface area contributed by atoms with Crippen molar-refractivity contribution >= 4 is 5.97 Å². The van der Waals surface area contributed by atoms with Gasteiger partial charge in [-0.15, -0.1) is 0 Å². The molecule has 0 heterocycles. The Bertz CT molecular complexity index is 242. The molecule has 2 nitrogen and oxygen atoms in total. The molecule has 0 bridgehead atoms. The first-order valence-electron chi connectivity index (χ1n) is 4.74. The lowest BCUT2D eigenvalue weighted by atomic mass is 9.74. The van der Waals surface area contributed by atoms with Crippen LogP contribution in [0.2, 0.25) is 0 Å². The predicted octanol–water partition coefficient (Wildman–Crippen LogP) is 2.54. The standard InChI is InChI=1S/C11H18O2/c1-8-5-6-9(2)11(8,3)7-10(12)13-4/h5,9H,6-7H2,1-4H3. The fourth-order valence-electron chi connectivity index (χ4n) is 1.92. The number of hydrogen-bond donors (Lipinski definition) is 0. The normalized spacial score (nSPS) is 32.9. The van der Waals surface area contributed by atoms with Gasteiger partial charge >= 0.3 is 5.97 Å². The smallest absolute Gasteiger partial charge is 0.306 e. The molecule has 0 radical (unpaired) electrons. The van der Waals surface area contributed by atoms with E-state index >= 15 is 0 Å². The summed E-state index contributed by atoms with van der Waals surface area (Å²) >= 11 is 0. The van der Waals surface area contributed by atoms with Gasteiger partial charge in [0.15, 0.2) is 0 Å². The maximum absolute atomic E-state index is 11.2. The predicted molar refractivity (Wildman–Crippen MR) is 52.3 cm³/mol. The fourth-order valence-corrected chi connectivity index (χ4v) is 1.92. The van der Waals surface area contributed by atoms with Gasteiger partial charge in [0.1, 0.15) is 0 Å². The van der Waals surface area contributed by atoms with Gasteiger partial charge in [0.05, 0.1) is 13.5 Å². The molecule has 1 rings (SSSR count). The Morgan fingerprint density at radius 3 is 2.77 bits per heavy atom. The van der Waals surface area contributed by atoms with E-state index in [0.717, 1.165) is 6.42 Å². The summed E-state index contributed by atoms with van der Waals surface area (Å²) < 4.78 is 4.71. The van der Waals surface area contributed by atoms with E-state index in [1.54, 1.807) is 0 Å². The monoisotopic (exact) mass is 182 g/mol. The molecule has 1 aliphatic rings. The minimum Gasteiger partial charge on any atom is -0.469 e. The van der Waals surface area contributed by atoms with Crippen molar-refractivity contribution in [1.82, 2.24) is 0 Å².